The molecule has 0 aliphatic carbocycles. The van der Waals surface area contributed by atoms with Crippen LogP contribution in [0.1, 0.15) is 39.0 Å². The van der Waals surface area contributed by atoms with Crippen molar-refractivity contribution in [3.8, 4) is 0 Å². The summed E-state index contributed by atoms with van der Waals surface area (Å²) in [6, 6.07) is 0. The van der Waals surface area contributed by atoms with Crippen molar-refractivity contribution in [3.63, 3.8) is 0 Å². The highest BCUT2D eigenvalue weighted by Gasteiger charge is 2.18. The minimum atomic E-state index is 0.943. The van der Waals surface area contributed by atoms with E-state index in [1.807, 2.05) is 0 Å². The van der Waals surface area contributed by atoms with Crippen LogP contribution in [-0.2, 0) is 0 Å². The molecule has 2 heterocycles. The molecule has 2 nitrogen and oxygen atoms in total. The summed E-state index contributed by atoms with van der Waals surface area (Å²) in [4.78, 5) is 6.96. The fraction of sp³-hybridized carbons (Fsp3) is 0.750. The molecule has 1 aromatic heterocycles. The summed E-state index contributed by atoms with van der Waals surface area (Å²) in [6.07, 6.45) is 6.78. The van der Waals surface area contributed by atoms with Gasteiger partial charge in [0.1, 0.15) is 4.60 Å². The van der Waals surface area contributed by atoms with Gasteiger partial charge in [-0.25, -0.2) is 4.98 Å². The van der Waals surface area contributed by atoms with Crippen LogP contribution in [0.2, 0.25) is 0 Å². The maximum absolute atomic E-state index is 4.51. The first kappa shape index (κ1) is 12.4. The molecule has 1 unspecified atom stereocenters. The van der Waals surface area contributed by atoms with Gasteiger partial charge < -0.3 is 4.90 Å². The molecule has 4 heteroatoms. The van der Waals surface area contributed by atoms with Gasteiger partial charge in [-0.2, -0.15) is 0 Å². The molecular weight excluding hydrogens is 284 g/mol. The molecule has 1 aromatic rings. The smallest absolute Gasteiger partial charge is 0.186 e. The van der Waals surface area contributed by atoms with Gasteiger partial charge in [0, 0.05) is 18.5 Å². The molecule has 0 aromatic carbocycles. The number of hydrogen-bond acceptors (Lipinski definition) is 3. The average molecular weight is 303 g/mol. The molecule has 0 N–H and O–H groups in total. The summed E-state index contributed by atoms with van der Waals surface area (Å²) in [5.74, 6) is 0.943. The van der Waals surface area contributed by atoms with Crippen LogP contribution in [-0.4, -0.2) is 18.1 Å². The Morgan fingerprint density at radius 2 is 2.38 bits per heavy atom. The Kier molecular flexibility index (Phi) is 4.65. The van der Waals surface area contributed by atoms with Gasteiger partial charge in [0.15, 0.2) is 5.13 Å². The summed E-state index contributed by atoms with van der Waals surface area (Å²) >= 11 is 5.18. The van der Waals surface area contributed by atoms with Crippen LogP contribution in [0.5, 0.6) is 0 Å². The molecule has 1 atom stereocenters. The lowest BCUT2D eigenvalue weighted by Gasteiger charge is -2.19. The van der Waals surface area contributed by atoms with Gasteiger partial charge in [-0.05, 0) is 41.1 Å². The number of hydrogen-bond donors (Lipinski definition) is 0. The van der Waals surface area contributed by atoms with E-state index < -0.39 is 0 Å². The summed E-state index contributed by atoms with van der Waals surface area (Å²) in [7, 11) is 0. The highest BCUT2D eigenvalue weighted by molar-refractivity contribution is 9.10. The lowest BCUT2D eigenvalue weighted by atomic mass is 9.96. The number of rotatable bonds is 3. The quantitative estimate of drug-likeness (QED) is 0.827. The largest absolute Gasteiger partial charge is 0.348 e. The Morgan fingerprint density at radius 1 is 1.50 bits per heavy atom. The monoisotopic (exact) mass is 302 g/mol. The maximum Gasteiger partial charge on any atom is 0.186 e. The third kappa shape index (κ3) is 3.20. The molecule has 1 aliphatic heterocycles. The topological polar surface area (TPSA) is 16.1 Å². The zero-order valence-corrected chi connectivity index (χ0v) is 12.2. The summed E-state index contributed by atoms with van der Waals surface area (Å²) in [6.45, 7) is 4.66. The van der Waals surface area contributed by atoms with E-state index in [0.29, 0.717) is 0 Å². The minimum absolute atomic E-state index is 0.943. The zero-order valence-electron chi connectivity index (χ0n) is 9.79. The molecular formula is C12H19BrN2S. The van der Waals surface area contributed by atoms with E-state index in [9.17, 15) is 0 Å². The van der Waals surface area contributed by atoms with Crippen molar-refractivity contribution in [3.05, 3.63) is 9.98 Å². The van der Waals surface area contributed by atoms with Crippen LogP contribution in [0.4, 0.5) is 5.13 Å². The Bertz CT molecular complexity index is 327. The van der Waals surface area contributed by atoms with Crippen molar-refractivity contribution >= 4 is 32.4 Å². The number of thiazole rings is 1. The van der Waals surface area contributed by atoms with Crippen molar-refractivity contribution in [2.24, 2.45) is 5.92 Å². The van der Waals surface area contributed by atoms with Crippen LogP contribution in [0.25, 0.3) is 0 Å². The lowest BCUT2D eigenvalue weighted by Crippen LogP contribution is -2.23. The molecule has 0 saturated carbocycles. The first-order valence-corrected chi connectivity index (χ1v) is 7.83. The van der Waals surface area contributed by atoms with E-state index in [0.717, 1.165) is 10.5 Å². The first-order valence-electron chi connectivity index (χ1n) is 6.15. The zero-order chi connectivity index (χ0) is 11.4. The molecule has 2 rings (SSSR count). The fourth-order valence-electron chi connectivity index (χ4n) is 2.44. The number of nitrogens with zero attached hydrogens (tertiary/aromatic N) is 2. The standard InChI is InChI=1S/C12H19BrN2S/c1-2-4-10-5-3-7-15(8-6-10)12-14-11(13)9-16-12/h9-10H,2-8H2,1H3. The third-order valence-electron chi connectivity index (χ3n) is 3.28. The molecule has 16 heavy (non-hydrogen) atoms. The highest BCUT2D eigenvalue weighted by atomic mass is 79.9. The van der Waals surface area contributed by atoms with E-state index in [1.165, 1.54) is 50.3 Å². The molecule has 90 valence electrons. The minimum Gasteiger partial charge on any atom is -0.348 e. The SMILES string of the molecule is CCCC1CCCN(c2nc(Br)cs2)CC1. The third-order valence-corrected chi connectivity index (χ3v) is 4.89. The van der Waals surface area contributed by atoms with Crippen molar-refractivity contribution in [2.45, 2.75) is 39.0 Å². The summed E-state index contributed by atoms with van der Waals surface area (Å²) < 4.78 is 0.974. The maximum atomic E-state index is 4.51. The molecule has 1 saturated heterocycles. The predicted molar refractivity (Wildman–Crippen MR) is 74.3 cm³/mol. The molecule has 0 amide bonds. The number of halogens is 1. The van der Waals surface area contributed by atoms with Crippen molar-refractivity contribution in [1.82, 2.24) is 4.98 Å². The van der Waals surface area contributed by atoms with Gasteiger partial charge in [0.05, 0.1) is 0 Å². The average Bonchev–Trinajstić information content (AvgIpc) is 2.57. The second-order valence-electron chi connectivity index (χ2n) is 4.53. The Morgan fingerprint density at radius 3 is 3.06 bits per heavy atom. The van der Waals surface area contributed by atoms with Crippen molar-refractivity contribution in [1.29, 1.82) is 0 Å². The van der Waals surface area contributed by atoms with Gasteiger partial charge in [0.25, 0.3) is 0 Å². The summed E-state index contributed by atoms with van der Waals surface area (Å²) in [5.41, 5.74) is 0. The van der Waals surface area contributed by atoms with Gasteiger partial charge in [0.2, 0.25) is 0 Å². The Balaban J connectivity index is 1.93. The Labute approximate surface area is 110 Å². The molecule has 0 radical (unpaired) electrons. The summed E-state index contributed by atoms with van der Waals surface area (Å²) in [5, 5.41) is 3.26. The van der Waals surface area contributed by atoms with Crippen LogP contribution in [0.15, 0.2) is 9.98 Å². The molecule has 0 spiro atoms. The Hall–Kier alpha value is -0.0900. The van der Waals surface area contributed by atoms with E-state index in [2.05, 4.69) is 38.1 Å². The van der Waals surface area contributed by atoms with Crippen LogP contribution in [0, 0.1) is 5.92 Å². The van der Waals surface area contributed by atoms with Gasteiger partial charge in [-0.1, -0.05) is 19.8 Å². The van der Waals surface area contributed by atoms with Gasteiger partial charge in [-0.15, -0.1) is 11.3 Å². The van der Waals surface area contributed by atoms with E-state index in [4.69, 9.17) is 0 Å². The van der Waals surface area contributed by atoms with E-state index in [-0.39, 0.29) is 0 Å². The molecule has 1 fully saturated rings. The van der Waals surface area contributed by atoms with Crippen LogP contribution in [0.3, 0.4) is 0 Å². The number of anilines is 1. The normalized spacial score (nSPS) is 22.1. The highest BCUT2D eigenvalue weighted by Crippen LogP contribution is 2.28. The van der Waals surface area contributed by atoms with Crippen molar-refractivity contribution < 1.29 is 0 Å². The second-order valence-corrected chi connectivity index (χ2v) is 6.17. The van der Waals surface area contributed by atoms with Crippen LogP contribution >= 0.6 is 27.3 Å². The van der Waals surface area contributed by atoms with Gasteiger partial charge >= 0.3 is 0 Å². The molecule has 0 bridgehead atoms. The first-order chi connectivity index (χ1) is 7.79. The molecule has 1 aliphatic rings. The van der Waals surface area contributed by atoms with Crippen molar-refractivity contribution in [2.75, 3.05) is 18.0 Å². The van der Waals surface area contributed by atoms with E-state index in [1.54, 1.807) is 11.3 Å². The van der Waals surface area contributed by atoms with Crippen LogP contribution < -0.4 is 4.90 Å². The predicted octanol–water partition coefficient (Wildman–Crippen LogP) is 4.31. The second kappa shape index (κ2) is 6.01. The lowest BCUT2D eigenvalue weighted by molar-refractivity contribution is 0.435. The van der Waals surface area contributed by atoms with Gasteiger partial charge in [-0.3, -0.25) is 0 Å². The number of aromatic nitrogens is 1. The fourth-order valence-corrected chi connectivity index (χ4v) is 3.75. The van der Waals surface area contributed by atoms with E-state index >= 15 is 0 Å².